The summed E-state index contributed by atoms with van der Waals surface area (Å²) < 4.78 is 5.65. The largest absolute Gasteiger partial charge is 0.491 e. The van der Waals surface area contributed by atoms with Gasteiger partial charge in [0.1, 0.15) is 18.5 Å². The molecule has 0 saturated carbocycles. The van der Waals surface area contributed by atoms with Gasteiger partial charge in [0, 0.05) is 31.8 Å². The van der Waals surface area contributed by atoms with Gasteiger partial charge in [0.25, 0.3) is 0 Å². The minimum atomic E-state index is -0.529. The van der Waals surface area contributed by atoms with E-state index in [9.17, 15) is 5.11 Å². The molecular formula is C15H24N2O3. The molecule has 1 fully saturated rings. The van der Waals surface area contributed by atoms with Crippen LogP contribution in [0, 0.1) is 5.92 Å². The molecule has 1 aliphatic rings. The number of aliphatic hydroxyl groups is 2. The molecule has 0 radical (unpaired) electrons. The minimum Gasteiger partial charge on any atom is -0.491 e. The highest BCUT2D eigenvalue weighted by Crippen LogP contribution is 2.18. The molecule has 1 aromatic rings. The Balaban J connectivity index is 1.76. The number of rotatable bonds is 7. The van der Waals surface area contributed by atoms with E-state index < -0.39 is 6.10 Å². The lowest BCUT2D eigenvalue weighted by Crippen LogP contribution is -2.34. The summed E-state index contributed by atoms with van der Waals surface area (Å²) >= 11 is 0. The van der Waals surface area contributed by atoms with Crippen LogP contribution < -0.4 is 10.5 Å². The number of hydrogen-bond donors (Lipinski definition) is 3. The molecule has 4 N–H and O–H groups in total. The quantitative estimate of drug-likeness (QED) is 0.665. The van der Waals surface area contributed by atoms with Crippen LogP contribution in [0.25, 0.3) is 0 Å². The summed E-state index contributed by atoms with van der Waals surface area (Å²) in [5, 5.41) is 19.1. The molecular weight excluding hydrogens is 256 g/mol. The SMILES string of the molecule is NCc1ccccc1OCC(O)CN1CCC(CO)C1. The average Bonchev–Trinajstić information content (AvgIpc) is 2.93. The zero-order chi connectivity index (χ0) is 14.4. The molecule has 2 unspecified atom stereocenters. The lowest BCUT2D eigenvalue weighted by molar-refractivity contribution is 0.0731. The van der Waals surface area contributed by atoms with Crippen molar-refractivity contribution < 1.29 is 14.9 Å². The first-order valence-corrected chi connectivity index (χ1v) is 7.15. The monoisotopic (exact) mass is 280 g/mol. The van der Waals surface area contributed by atoms with E-state index in [2.05, 4.69) is 4.90 Å². The Morgan fingerprint density at radius 3 is 2.90 bits per heavy atom. The molecule has 5 heteroatoms. The summed E-state index contributed by atoms with van der Waals surface area (Å²) in [6.45, 7) is 3.29. The van der Waals surface area contributed by atoms with E-state index in [0.29, 0.717) is 19.0 Å². The van der Waals surface area contributed by atoms with Crippen LogP contribution in [0.3, 0.4) is 0 Å². The van der Waals surface area contributed by atoms with Gasteiger partial charge in [-0.1, -0.05) is 18.2 Å². The van der Waals surface area contributed by atoms with Crippen LogP contribution in [0.1, 0.15) is 12.0 Å². The Hall–Kier alpha value is -1.14. The number of benzene rings is 1. The van der Waals surface area contributed by atoms with Crippen LogP contribution in [0.2, 0.25) is 0 Å². The number of ether oxygens (including phenoxy) is 1. The number of para-hydroxylation sites is 1. The van der Waals surface area contributed by atoms with Crippen molar-refractivity contribution in [2.45, 2.75) is 19.1 Å². The van der Waals surface area contributed by atoms with E-state index >= 15 is 0 Å². The molecule has 0 spiro atoms. The van der Waals surface area contributed by atoms with E-state index in [1.54, 1.807) is 0 Å². The second-order valence-electron chi connectivity index (χ2n) is 5.37. The summed E-state index contributed by atoms with van der Waals surface area (Å²) in [7, 11) is 0. The highest BCUT2D eigenvalue weighted by Gasteiger charge is 2.23. The third-order valence-corrected chi connectivity index (χ3v) is 3.72. The summed E-state index contributed by atoms with van der Waals surface area (Å²) in [6.07, 6.45) is 0.471. The highest BCUT2D eigenvalue weighted by atomic mass is 16.5. The van der Waals surface area contributed by atoms with Crippen LogP contribution in [0.4, 0.5) is 0 Å². The Morgan fingerprint density at radius 1 is 1.40 bits per heavy atom. The van der Waals surface area contributed by atoms with Crippen LogP contribution in [-0.2, 0) is 6.54 Å². The summed E-state index contributed by atoms with van der Waals surface area (Å²) in [5.74, 6) is 1.09. The molecule has 1 heterocycles. The molecule has 1 aromatic carbocycles. The maximum atomic E-state index is 10.0. The normalized spacial score (nSPS) is 21.1. The standard InChI is InChI=1S/C15H24N2O3/c16-7-13-3-1-2-4-15(13)20-11-14(19)9-17-6-5-12(8-17)10-18/h1-4,12,14,18-19H,5-11,16H2. The van der Waals surface area contributed by atoms with Gasteiger partial charge in [-0.15, -0.1) is 0 Å². The van der Waals surface area contributed by atoms with Gasteiger partial charge in [0.05, 0.1) is 0 Å². The van der Waals surface area contributed by atoms with Crippen LogP contribution in [-0.4, -0.2) is 54.1 Å². The van der Waals surface area contributed by atoms with Crippen LogP contribution in [0.5, 0.6) is 5.75 Å². The van der Waals surface area contributed by atoms with E-state index in [1.807, 2.05) is 24.3 Å². The first kappa shape index (κ1) is 15.3. The minimum absolute atomic E-state index is 0.229. The van der Waals surface area contributed by atoms with Gasteiger partial charge in [-0.25, -0.2) is 0 Å². The Morgan fingerprint density at radius 2 is 2.20 bits per heavy atom. The van der Waals surface area contributed by atoms with Gasteiger partial charge in [0.15, 0.2) is 0 Å². The number of hydrogen-bond acceptors (Lipinski definition) is 5. The first-order valence-electron chi connectivity index (χ1n) is 7.15. The fourth-order valence-electron chi connectivity index (χ4n) is 2.58. The molecule has 0 aromatic heterocycles. The first-order chi connectivity index (χ1) is 9.72. The predicted octanol–water partition coefficient (Wildman–Crippen LogP) is 0.199. The number of likely N-dealkylation sites (tertiary alicyclic amines) is 1. The lowest BCUT2D eigenvalue weighted by Gasteiger charge is -2.20. The topological polar surface area (TPSA) is 79.0 Å². The van der Waals surface area contributed by atoms with Crippen LogP contribution in [0.15, 0.2) is 24.3 Å². The zero-order valence-electron chi connectivity index (χ0n) is 11.7. The van der Waals surface area contributed by atoms with Crippen molar-refractivity contribution in [1.82, 2.24) is 4.90 Å². The fraction of sp³-hybridized carbons (Fsp3) is 0.600. The summed E-state index contributed by atoms with van der Waals surface area (Å²) in [6, 6.07) is 7.61. The van der Waals surface area contributed by atoms with Gasteiger partial charge < -0.3 is 25.6 Å². The molecule has 0 aliphatic carbocycles. The highest BCUT2D eigenvalue weighted by molar-refractivity contribution is 5.32. The van der Waals surface area contributed by atoms with Gasteiger partial charge >= 0.3 is 0 Å². The number of nitrogens with two attached hydrogens (primary N) is 1. The Kier molecular flexibility index (Phi) is 5.79. The van der Waals surface area contributed by atoms with Crippen molar-refractivity contribution in [2.24, 2.45) is 11.7 Å². The van der Waals surface area contributed by atoms with Gasteiger partial charge in [-0.2, -0.15) is 0 Å². The van der Waals surface area contributed by atoms with Crippen LogP contribution >= 0.6 is 0 Å². The maximum absolute atomic E-state index is 10.0. The smallest absolute Gasteiger partial charge is 0.123 e. The van der Waals surface area contributed by atoms with Crippen molar-refractivity contribution in [3.8, 4) is 5.75 Å². The van der Waals surface area contributed by atoms with E-state index in [1.165, 1.54) is 0 Å². The van der Waals surface area contributed by atoms with Crippen molar-refractivity contribution in [2.75, 3.05) is 32.8 Å². The van der Waals surface area contributed by atoms with Gasteiger partial charge in [0.2, 0.25) is 0 Å². The Labute approximate surface area is 120 Å². The second kappa shape index (κ2) is 7.59. The predicted molar refractivity (Wildman–Crippen MR) is 77.5 cm³/mol. The number of aliphatic hydroxyl groups excluding tert-OH is 2. The molecule has 0 bridgehead atoms. The average molecular weight is 280 g/mol. The third-order valence-electron chi connectivity index (χ3n) is 3.72. The third kappa shape index (κ3) is 4.18. The maximum Gasteiger partial charge on any atom is 0.123 e. The summed E-state index contributed by atoms with van der Waals surface area (Å²) in [4.78, 5) is 2.17. The molecule has 112 valence electrons. The van der Waals surface area contributed by atoms with Crippen molar-refractivity contribution >= 4 is 0 Å². The van der Waals surface area contributed by atoms with Crippen molar-refractivity contribution in [1.29, 1.82) is 0 Å². The molecule has 1 aliphatic heterocycles. The Bertz CT molecular complexity index is 414. The lowest BCUT2D eigenvalue weighted by atomic mass is 10.1. The molecule has 0 amide bonds. The van der Waals surface area contributed by atoms with E-state index in [4.69, 9.17) is 15.6 Å². The second-order valence-corrected chi connectivity index (χ2v) is 5.37. The number of β-amino-alcohol motifs (C(OH)–C–C–N with tert-alkyl or cyclic N) is 1. The fourth-order valence-corrected chi connectivity index (χ4v) is 2.58. The van der Waals surface area contributed by atoms with Crippen molar-refractivity contribution in [3.63, 3.8) is 0 Å². The van der Waals surface area contributed by atoms with Crippen molar-refractivity contribution in [3.05, 3.63) is 29.8 Å². The molecule has 2 rings (SSSR count). The molecule has 2 atom stereocenters. The molecule has 1 saturated heterocycles. The van der Waals surface area contributed by atoms with Gasteiger partial charge in [-0.3, -0.25) is 0 Å². The number of nitrogens with zero attached hydrogens (tertiary/aromatic N) is 1. The molecule has 5 nitrogen and oxygen atoms in total. The van der Waals surface area contributed by atoms with Gasteiger partial charge in [-0.05, 0) is 24.9 Å². The molecule has 20 heavy (non-hydrogen) atoms. The van der Waals surface area contributed by atoms with E-state index in [-0.39, 0.29) is 13.2 Å². The summed E-state index contributed by atoms with van der Waals surface area (Å²) in [5.41, 5.74) is 6.59. The van der Waals surface area contributed by atoms with E-state index in [0.717, 1.165) is 30.8 Å². The zero-order valence-corrected chi connectivity index (χ0v) is 11.7.